The van der Waals surface area contributed by atoms with Crippen molar-refractivity contribution < 1.29 is 8.42 Å². The molecule has 0 aliphatic carbocycles. The van der Waals surface area contributed by atoms with E-state index in [1.807, 2.05) is 0 Å². The van der Waals surface area contributed by atoms with Crippen LogP contribution >= 0.6 is 11.3 Å². The van der Waals surface area contributed by atoms with Gasteiger partial charge in [-0.2, -0.15) is 0 Å². The molecule has 0 bridgehead atoms. The number of thiazole rings is 1. The monoisotopic (exact) mass is 404 g/mol. The topological polar surface area (TPSA) is 92.1 Å². The van der Waals surface area contributed by atoms with Gasteiger partial charge in [-0.15, -0.1) is 0 Å². The van der Waals surface area contributed by atoms with E-state index in [2.05, 4.69) is 45.3 Å². The molecule has 1 aromatic carbocycles. The molecular formula is C19H24N4O2S2. The van der Waals surface area contributed by atoms with Crippen molar-refractivity contribution in [2.24, 2.45) is 0 Å². The van der Waals surface area contributed by atoms with E-state index in [1.54, 1.807) is 6.92 Å². The number of sulfone groups is 1. The number of fused-ring (bicyclic) bond motifs is 1. The zero-order valence-electron chi connectivity index (χ0n) is 15.3. The Balaban J connectivity index is 1.43. The number of rotatable bonds is 5. The molecule has 3 heterocycles. The number of para-hydroxylation sites is 1. The molecule has 0 unspecified atom stereocenters. The minimum atomic E-state index is -3.29. The van der Waals surface area contributed by atoms with Crippen molar-refractivity contribution >= 4 is 37.1 Å². The van der Waals surface area contributed by atoms with E-state index >= 15 is 0 Å². The van der Waals surface area contributed by atoms with Crippen molar-refractivity contribution in [3.8, 4) is 0 Å². The molecule has 8 heteroatoms. The minimum Gasteiger partial charge on any atom is -0.389 e. The van der Waals surface area contributed by atoms with Crippen LogP contribution in [0.25, 0.3) is 10.9 Å². The maximum Gasteiger partial charge on any atom is 0.211 e. The summed E-state index contributed by atoms with van der Waals surface area (Å²) < 4.78 is 24.2. The highest BCUT2D eigenvalue weighted by molar-refractivity contribution is 7.93. The van der Waals surface area contributed by atoms with Gasteiger partial charge in [-0.1, -0.05) is 36.5 Å². The molecule has 1 aliphatic rings. The first-order chi connectivity index (χ1) is 13.0. The van der Waals surface area contributed by atoms with Gasteiger partial charge in [-0.25, -0.2) is 13.4 Å². The molecule has 0 atom stereocenters. The van der Waals surface area contributed by atoms with Crippen LogP contribution in [-0.4, -0.2) is 42.1 Å². The molecule has 6 nitrogen and oxygen atoms in total. The summed E-state index contributed by atoms with van der Waals surface area (Å²) in [4.78, 5) is 10.0. The maximum absolute atomic E-state index is 12.0. The lowest BCUT2D eigenvalue weighted by Gasteiger charge is -2.31. The largest absolute Gasteiger partial charge is 0.389 e. The van der Waals surface area contributed by atoms with Crippen LogP contribution in [0, 0.1) is 0 Å². The average Bonchev–Trinajstić information content (AvgIpc) is 3.27. The van der Waals surface area contributed by atoms with E-state index in [0.29, 0.717) is 23.2 Å². The molecule has 144 valence electrons. The molecule has 27 heavy (non-hydrogen) atoms. The predicted molar refractivity (Wildman–Crippen MR) is 110 cm³/mol. The lowest BCUT2D eigenvalue weighted by atomic mass is 9.89. The summed E-state index contributed by atoms with van der Waals surface area (Å²) in [6.07, 6.45) is 4.29. The Morgan fingerprint density at radius 2 is 2.04 bits per heavy atom. The average molecular weight is 405 g/mol. The van der Waals surface area contributed by atoms with Crippen LogP contribution in [-0.2, 0) is 16.4 Å². The minimum absolute atomic E-state index is 0.0510. The van der Waals surface area contributed by atoms with E-state index in [1.165, 1.54) is 16.5 Å². The molecule has 4 rings (SSSR count). The molecular weight excluding hydrogens is 380 g/mol. The first-order valence-electron chi connectivity index (χ1n) is 9.24. The van der Waals surface area contributed by atoms with Gasteiger partial charge in [0.25, 0.3) is 0 Å². The number of likely N-dealkylation sites (tertiary alicyclic amines) is 1. The Hall–Kier alpha value is -1.90. The van der Waals surface area contributed by atoms with Crippen LogP contribution in [0.4, 0.5) is 5.00 Å². The zero-order valence-corrected chi connectivity index (χ0v) is 16.9. The van der Waals surface area contributed by atoms with Gasteiger partial charge >= 0.3 is 0 Å². The Labute approximate surface area is 163 Å². The molecule has 3 aromatic rings. The first-order valence-corrected chi connectivity index (χ1v) is 11.7. The van der Waals surface area contributed by atoms with Crippen LogP contribution in [0.2, 0.25) is 0 Å². The lowest BCUT2D eigenvalue weighted by Crippen LogP contribution is -2.32. The van der Waals surface area contributed by atoms with Crippen molar-refractivity contribution in [1.29, 1.82) is 0 Å². The molecule has 1 fully saturated rings. The van der Waals surface area contributed by atoms with Crippen molar-refractivity contribution in [1.82, 2.24) is 14.9 Å². The van der Waals surface area contributed by atoms with E-state index in [-0.39, 0.29) is 10.1 Å². The third kappa shape index (κ3) is 3.61. The second-order valence-corrected chi connectivity index (χ2v) is 10.5. The van der Waals surface area contributed by atoms with Crippen LogP contribution in [0.15, 0.2) is 34.8 Å². The summed E-state index contributed by atoms with van der Waals surface area (Å²) in [6.45, 7) is 4.15. The van der Waals surface area contributed by atoms with Gasteiger partial charge in [-0.3, -0.25) is 4.90 Å². The normalized spacial score (nSPS) is 16.9. The number of benzene rings is 1. The first kappa shape index (κ1) is 18.5. The van der Waals surface area contributed by atoms with E-state index in [9.17, 15) is 8.42 Å². The van der Waals surface area contributed by atoms with Gasteiger partial charge in [0.15, 0.2) is 0 Å². The second kappa shape index (κ2) is 7.26. The highest BCUT2D eigenvalue weighted by atomic mass is 32.2. The van der Waals surface area contributed by atoms with Crippen molar-refractivity contribution in [3.63, 3.8) is 0 Å². The van der Waals surface area contributed by atoms with Crippen LogP contribution in [0.3, 0.4) is 0 Å². The molecule has 2 aromatic heterocycles. The number of nitrogen functional groups attached to an aromatic ring is 1. The number of nitrogens with one attached hydrogen (secondary N) is 1. The van der Waals surface area contributed by atoms with Crippen LogP contribution < -0.4 is 5.73 Å². The molecule has 1 saturated heterocycles. The molecule has 1 aliphatic heterocycles. The molecule has 0 radical (unpaired) electrons. The number of aromatic nitrogens is 2. The zero-order chi connectivity index (χ0) is 19.0. The molecule has 0 amide bonds. The van der Waals surface area contributed by atoms with Crippen molar-refractivity contribution in [2.75, 3.05) is 24.6 Å². The summed E-state index contributed by atoms with van der Waals surface area (Å²) in [7, 11) is -3.29. The number of hydrogen-bond acceptors (Lipinski definition) is 6. The number of anilines is 1. The fourth-order valence-electron chi connectivity index (χ4n) is 3.76. The Kier molecular flexibility index (Phi) is 4.96. The predicted octanol–water partition coefficient (Wildman–Crippen LogP) is 3.38. The van der Waals surface area contributed by atoms with Gasteiger partial charge in [0.1, 0.15) is 5.00 Å². The highest BCUT2D eigenvalue weighted by Crippen LogP contribution is 2.34. The number of nitrogens with two attached hydrogens (primary N) is 1. The Morgan fingerprint density at radius 1 is 1.30 bits per heavy atom. The van der Waals surface area contributed by atoms with Crippen LogP contribution in [0.5, 0.6) is 0 Å². The molecule has 0 spiro atoms. The smallest absolute Gasteiger partial charge is 0.211 e. The fraction of sp³-hybridized carbons (Fsp3) is 0.421. The second-order valence-electron chi connectivity index (χ2n) is 7.03. The maximum atomic E-state index is 12.0. The third-order valence-corrected chi connectivity index (χ3v) is 8.49. The Morgan fingerprint density at radius 3 is 2.78 bits per heavy atom. The molecule has 3 N–H and O–H groups in total. The van der Waals surface area contributed by atoms with Crippen molar-refractivity contribution in [3.05, 3.63) is 41.7 Å². The van der Waals surface area contributed by atoms with Gasteiger partial charge < -0.3 is 10.7 Å². The van der Waals surface area contributed by atoms with Gasteiger partial charge in [0.05, 0.1) is 11.4 Å². The molecule has 0 saturated carbocycles. The van der Waals surface area contributed by atoms with Gasteiger partial charge in [0, 0.05) is 23.6 Å². The van der Waals surface area contributed by atoms with E-state index < -0.39 is 9.84 Å². The lowest BCUT2D eigenvalue weighted by molar-refractivity contribution is 0.203. The summed E-state index contributed by atoms with van der Waals surface area (Å²) in [6, 6.07) is 8.43. The number of aromatic amines is 1. The fourth-order valence-corrected chi connectivity index (χ4v) is 5.96. The number of piperidine rings is 1. The standard InChI is InChI=1S/C19H24N4O2S2/c1-2-27(24,25)19-22-17(18(20)26-19)12-23-9-7-13(8-10-23)15-11-21-16-6-4-3-5-14(15)16/h3-6,11,13,21H,2,7-10,12,20H2,1H3. The third-order valence-electron chi connectivity index (χ3n) is 5.38. The number of hydrogen-bond donors (Lipinski definition) is 2. The summed E-state index contributed by atoms with van der Waals surface area (Å²) in [5.41, 5.74) is 9.32. The van der Waals surface area contributed by atoms with Gasteiger partial charge in [0.2, 0.25) is 14.2 Å². The summed E-state index contributed by atoms with van der Waals surface area (Å²) in [5, 5.41) is 1.83. The summed E-state index contributed by atoms with van der Waals surface area (Å²) >= 11 is 1.08. The van der Waals surface area contributed by atoms with Crippen LogP contribution in [0.1, 0.15) is 36.9 Å². The van der Waals surface area contributed by atoms with Crippen molar-refractivity contribution in [2.45, 2.75) is 36.6 Å². The van der Waals surface area contributed by atoms with E-state index in [0.717, 1.165) is 37.3 Å². The number of H-pyrrole nitrogens is 1. The summed E-state index contributed by atoms with van der Waals surface area (Å²) in [5.74, 6) is 0.594. The highest BCUT2D eigenvalue weighted by Gasteiger charge is 2.25. The quantitative estimate of drug-likeness (QED) is 0.680. The van der Waals surface area contributed by atoms with Gasteiger partial charge in [-0.05, 0) is 43.5 Å². The van der Waals surface area contributed by atoms with E-state index in [4.69, 9.17) is 5.73 Å². The SMILES string of the molecule is CCS(=O)(=O)c1nc(CN2CCC(c3c[nH]c4ccccc34)CC2)c(N)s1. The number of nitrogens with zero attached hydrogens (tertiary/aromatic N) is 2. The Bertz CT molecular complexity index is 1050.